The molecule has 0 bridgehead atoms. The van der Waals surface area contributed by atoms with Crippen LogP contribution in [-0.4, -0.2) is 52.1 Å². The van der Waals surface area contributed by atoms with Crippen molar-refractivity contribution in [3.63, 3.8) is 0 Å². The maximum atomic E-state index is 14.9. The molecule has 6 nitrogen and oxygen atoms in total. The van der Waals surface area contributed by atoms with Crippen molar-refractivity contribution in [1.82, 2.24) is 14.7 Å². The van der Waals surface area contributed by atoms with Crippen molar-refractivity contribution in [3.05, 3.63) is 17.0 Å². The maximum absolute atomic E-state index is 14.9. The first-order chi connectivity index (χ1) is 13.0. The van der Waals surface area contributed by atoms with E-state index in [-0.39, 0.29) is 25.2 Å². The van der Waals surface area contributed by atoms with Crippen molar-refractivity contribution < 1.29 is 31.8 Å². The molecule has 1 atom stereocenters. The highest BCUT2D eigenvalue weighted by molar-refractivity contribution is 5.68. The highest BCUT2D eigenvalue weighted by atomic mass is 19.3. The minimum Gasteiger partial charge on any atom is -0.444 e. The normalized spacial score (nSPS) is 21.9. The Bertz CT molecular complexity index is 730. The molecule has 1 aromatic heterocycles. The van der Waals surface area contributed by atoms with Crippen LogP contribution in [0.1, 0.15) is 50.6 Å². The summed E-state index contributed by atoms with van der Waals surface area (Å²) in [4.78, 5) is 13.7. The fourth-order valence-corrected chi connectivity index (χ4v) is 3.54. The van der Waals surface area contributed by atoms with Gasteiger partial charge < -0.3 is 14.4 Å². The van der Waals surface area contributed by atoms with Gasteiger partial charge in [0, 0.05) is 24.9 Å². The smallest absolute Gasteiger partial charge is 0.410 e. The molecule has 0 fully saturated rings. The molecule has 0 aromatic carbocycles. The Balaban J connectivity index is 1.84. The highest BCUT2D eigenvalue weighted by Gasteiger charge is 2.44. The van der Waals surface area contributed by atoms with E-state index in [0.29, 0.717) is 24.2 Å². The van der Waals surface area contributed by atoms with Gasteiger partial charge in [-0.2, -0.15) is 13.9 Å². The van der Waals surface area contributed by atoms with E-state index in [9.17, 15) is 22.4 Å². The lowest BCUT2D eigenvalue weighted by Gasteiger charge is -2.30. The summed E-state index contributed by atoms with van der Waals surface area (Å²) in [6, 6.07) is 0. The van der Waals surface area contributed by atoms with Crippen LogP contribution in [0.3, 0.4) is 0 Å². The number of hydrogen-bond acceptors (Lipinski definition) is 4. The molecule has 2 aliphatic heterocycles. The Morgan fingerprint density at radius 1 is 1.36 bits per heavy atom. The monoisotopic (exact) mass is 407 g/mol. The first-order valence-corrected chi connectivity index (χ1v) is 9.31. The van der Waals surface area contributed by atoms with Gasteiger partial charge in [0.2, 0.25) is 0 Å². The predicted molar refractivity (Wildman–Crippen MR) is 91.4 cm³/mol. The summed E-state index contributed by atoms with van der Waals surface area (Å²) in [5.74, 6) is -3.18. The van der Waals surface area contributed by atoms with Crippen LogP contribution in [0.15, 0.2) is 0 Å². The van der Waals surface area contributed by atoms with Crippen molar-refractivity contribution in [1.29, 1.82) is 0 Å². The molecule has 0 aliphatic carbocycles. The Morgan fingerprint density at radius 3 is 2.71 bits per heavy atom. The highest BCUT2D eigenvalue weighted by Crippen LogP contribution is 2.41. The number of carbonyl (C=O) groups excluding carboxylic acids is 1. The number of halogens is 4. The number of rotatable bonds is 3. The number of alkyl halides is 4. The van der Waals surface area contributed by atoms with Crippen molar-refractivity contribution in [2.45, 2.75) is 77.2 Å². The van der Waals surface area contributed by atoms with E-state index in [1.807, 2.05) is 0 Å². The molecule has 0 saturated carbocycles. The number of amides is 1. The van der Waals surface area contributed by atoms with Gasteiger partial charge in [-0.25, -0.2) is 13.6 Å². The first kappa shape index (κ1) is 20.9. The van der Waals surface area contributed by atoms with Gasteiger partial charge in [-0.15, -0.1) is 0 Å². The summed E-state index contributed by atoms with van der Waals surface area (Å²) in [6.45, 7) is 4.70. The van der Waals surface area contributed by atoms with Gasteiger partial charge >= 0.3 is 6.09 Å². The van der Waals surface area contributed by atoms with Crippen molar-refractivity contribution in [3.8, 4) is 0 Å². The topological polar surface area (TPSA) is 56.6 Å². The van der Waals surface area contributed by atoms with Gasteiger partial charge in [0.15, 0.2) is 0 Å². The van der Waals surface area contributed by atoms with Crippen molar-refractivity contribution in [2.24, 2.45) is 0 Å². The van der Waals surface area contributed by atoms with Crippen molar-refractivity contribution >= 4 is 6.09 Å². The molecule has 3 heterocycles. The molecule has 2 aliphatic rings. The first-order valence-electron chi connectivity index (χ1n) is 9.31. The Labute approximate surface area is 160 Å². The zero-order chi connectivity index (χ0) is 20.7. The van der Waals surface area contributed by atoms with Gasteiger partial charge in [-0.05, 0) is 27.2 Å². The fraction of sp³-hybridized carbons (Fsp3) is 0.778. The van der Waals surface area contributed by atoms with Gasteiger partial charge in [-0.1, -0.05) is 0 Å². The molecular weight excluding hydrogens is 382 g/mol. The molecule has 1 amide bonds. The average molecular weight is 407 g/mol. The quantitative estimate of drug-likeness (QED) is 0.717. The van der Waals surface area contributed by atoms with Crippen molar-refractivity contribution in [2.75, 3.05) is 13.2 Å². The number of ether oxygens (including phenoxy) is 2. The van der Waals surface area contributed by atoms with Crippen LogP contribution in [-0.2, 0) is 34.9 Å². The lowest BCUT2D eigenvalue weighted by molar-refractivity contribution is -0.0495. The van der Waals surface area contributed by atoms with Crippen LogP contribution < -0.4 is 0 Å². The molecule has 3 rings (SSSR count). The van der Waals surface area contributed by atoms with E-state index in [4.69, 9.17) is 9.47 Å². The fourth-order valence-electron chi connectivity index (χ4n) is 3.54. The van der Waals surface area contributed by atoms with Crippen LogP contribution in [0.2, 0.25) is 0 Å². The SMILES string of the molecule is CC(C)(C)OC(=O)N1CCc2nn3c(c2C1)C(F)(F)CCC(OCC(F)F)C3. The van der Waals surface area contributed by atoms with Gasteiger partial charge in [-0.3, -0.25) is 4.68 Å². The van der Waals surface area contributed by atoms with E-state index < -0.39 is 43.2 Å². The zero-order valence-electron chi connectivity index (χ0n) is 16.2. The molecule has 158 valence electrons. The Hall–Kier alpha value is -1.84. The van der Waals surface area contributed by atoms with E-state index in [1.165, 1.54) is 9.58 Å². The van der Waals surface area contributed by atoms with E-state index in [0.717, 1.165) is 0 Å². The van der Waals surface area contributed by atoms with Crippen LogP contribution in [0.25, 0.3) is 0 Å². The van der Waals surface area contributed by atoms with Crippen LogP contribution in [0.4, 0.5) is 22.4 Å². The third-order valence-electron chi connectivity index (χ3n) is 4.71. The Morgan fingerprint density at radius 2 is 2.07 bits per heavy atom. The molecule has 1 aromatic rings. The number of fused-ring (bicyclic) bond motifs is 3. The molecule has 28 heavy (non-hydrogen) atoms. The van der Waals surface area contributed by atoms with Gasteiger partial charge in [0.25, 0.3) is 12.3 Å². The van der Waals surface area contributed by atoms with E-state index >= 15 is 0 Å². The third kappa shape index (κ3) is 4.59. The number of carbonyl (C=O) groups is 1. The summed E-state index contributed by atoms with van der Waals surface area (Å²) in [5, 5.41) is 4.28. The van der Waals surface area contributed by atoms with Crippen LogP contribution in [0, 0.1) is 0 Å². The van der Waals surface area contributed by atoms with Gasteiger partial charge in [0.05, 0.1) is 24.9 Å². The molecule has 0 saturated heterocycles. The molecule has 10 heteroatoms. The van der Waals surface area contributed by atoms with Crippen LogP contribution in [0.5, 0.6) is 0 Å². The summed E-state index contributed by atoms with van der Waals surface area (Å²) in [5.41, 5.74) is -0.119. The number of hydrogen-bond donors (Lipinski definition) is 0. The van der Waals surface area contributed by atoms with Gasteiger partial charge in [0.1, 0.15) is 17.9 Å². The lowest BCUT2D eigenvalue weighted by atomic mass is 10.00. The van der Waals surface area contributed by atoms with E-state index in [1.54, 1.807) is 20.8 Å². The minimum atomic E-state index is -3.18. The second-order valence-corrected chi connectivity index (χ2v) is 8.20. The van der Waals surface area contributed by atoms with E-state index in [2.05, 4.69) is 5.10 Å². The zero-order valence-corrected chi connectivity index (χ0v) is 16.2. The molecule has 0 radical (unpaired) electrons. The maximum Gasteiger partial charge on any atom is 0.410 e. The molecule has 1 unspecified atom stereocenters. The molecule has 0 spiro atoms. The summed E-state index contributed by atoms with van der Waals surface area (Å²) >= 11 is 0. The number of aromatic nitrogens is 2. The third-order valence-corrected chi connectivity index (χ3v) is 4.71. The average Bonchev–Trinajstić information content (AvgIpc) is 2.87. The second kappa shape index (κ2) is 7.53. The standard InChI is InChI=1S/C18H25F4N3O3/c1-17(2,3)28-16(26)24-7-5-13-12(9-24)15-18(21,22)6-4-11(8-25(15)23-13)27-10-14(19)20/h11,14H,4-10H2,1-3H3. The largest absolute Gasteiger partial charge is 0.444 e. The Kier molecular flexibility index (Phi) is 5.62. The second-order valence-electron chi connectivity index (χ2n) is 8.20. The minimum absolute atomic E-state index is 0.0161. The molecular formula is C18H25F4N3O3. The lowest BCUT2D eigenvalue weighted by Crippen LogP contribution is -2.40. The summed E-state index contributed by atoms with van der Waals surface area (Å²) in [7, 11) is 0. The number of nitrogens with zero attached hydrogens (tertiary/aromatic N) is 3. The predicted octanol–water partition coefficient (Wildman–Crippen LogP) is 3.71. The summed E-state index contributed by atoms with van der Waals surface area (Å²) < 4.78 is 66.1. The molecule has 0 N–H and O–H groups in total. The van der Waals surface area contributed by atoms with Crippen LogP contribution >= 0.6 is 0 Å². The summed E-state index contributed by atoms with van der Waals surface area (Å²) in [6.07, 6.45) is -4.22.